The van der Waals surface area contributed by atoms with Crippen molar-refractivity contribution in [3.63, 3.8) is 0 Å². The third-order valence-electron chi connectivity index (χ3n) is 11.1. The van der Waals surface area contributed by atoms with Crippen LogP contribution in [0.3, 0.4) is 0 Å². The zero-order valence-electron chi connectivity index (χ0n) is 23.7. The van der Waals surface area contributed by atoms with Gasteiger partial charge in [-0.15, -0.1) is 0 Å². The van der Waals surface area contributed by atoms with Gasteiger partial charge in [0.2, 0.25) is 0 Å². The number of carbonyl (C=O) groups is 2. The van der Waals surface area contributed by atoms with Gasteiger partial charge in [-0.05, 0) is 56.7 Å². The van der Waals surface area contributed by atoms with Crippen molar-refractivity contribution in [2.45, 2.75) is 88.0 Å². The highest BCUT2D eigenvalue weighted by Gasteiger charge is 2.78. The number of ether oxygens (including phenoxy) is 4. The van der Waals surface area contributed by atoms with Crippen LogP contribution in [0.15, 0.2) is 48.1 Å². The van der Waals surface area contributed by atoms with E-state index in [9.17, 15) is 14.7 Å². The second-order valence-electron chi connectivity index (χ2n) is 13.1. The average Bonchev–Trinajstić information content (AvgIpc) is 3.51. The van der Waals surface area contributed by atoms with E-state index >= 15 is 0 Å². The summed E-state index contributed by atoms with van der Waals surface area (Å²) in [4.78, 5) is 28.8. The van der Waals surface area contributed by atoms with Crippen LogP contribution in [0, 0.1) is 11.3 Å². The summed E-state index contributed by atoms with van der Waals surface area (Å²) in [7, 11) is 1.33. The van der Waals surface area contributed by atoms with E-state index in [0.717, 1.165) is 17.6 Å². The molecule has 1 aromatic carbocycles. The van der Waals surface area contributed by atoms with Crippen LogP contribution in [-0.4, -0.2) is 64.8 Å². The first-order chi connectivity index (χ1) is 18.9. The molecule has 3 heterocycles. The molecule has 2 bridgehead atoms. The fraction of sp³-hybridized carbons (Fsp3) is 0.562. The minimum Gasteiger partial charge on any atom is -0.466 e. The molecule has 1 aromatic heterocycles. The number of ketones is 1. The number of nitrogens with one attached hydrogen (secondary N) is 1. The minimum atomic E-state index is -1.57. The molecular weight excluding hydrogens is 510 g/mol. The van der Waals surface area contributed by atoms with Crippen LogP contribution in [-0.2, 0) is 40.4 Å². The lowest BCUT2D eigenvalue weighted by Crippen LogP contribution is -2.74. The summed E-state index contributed by atoms with van der Waals surface area (Å²) in [6.45, 7) is 8.27. The number of rotatable bonds is 4. The number of carbonyl (C=O) groups excluding carboxylic acids is 2. The zero-order valence-corrected chi connectivity index (χ0v) is 23.7. The van der Waals surface area contributed by atoms with E-state index in [4.69, 9.17) is 18.9 Å². The first-order valence-corrected chi connectivity index (χ1v) is 14.2. The smallest absolute Gasteiger partial charge is 0.330 e. The maximum Gasteiger partial charge on any atom is 0.330 e. The highest BCUT2D eigenvalue weighted by atomic mass is 16.8. The Kier molecular flexibility index (Phi) is 5.33. The molecule has 0 radical (unpaired) electrons. The van der Waals surface area contributed by atoms with Gasteiger partial charge in [0.1, 0.15) is 11.2 Å². The molecule has 8 nitrogen and oxygen atoms in total. The first-order valence-electron chi connectivity index (χ1n) is 14.2. The molecule has 0 unspecified atom stereocenters. The van der Waals surface area contributed by atoms with E-state index in [1.807, 2.05) is 19.9 Å². The van der Waals surface area contributed by atoms with E-state index in [0.29, 0.717) is 24.8 Å². The largest absolute Gasteiger partial charge is 0.466 e. The first kappa shape index (κ1) is 26.1. The number of hydrogen-bond acceptors (Lipinski definition) is 7. The van der Waals surface area contributed by atoms with Gasteiger partial charge in [0.05, 0.1) is 19.8 Å². The molecule has 1 saturated heterocycles. The van der Waals surface area contributed by atoms with Gasteiger partial charge < -0.3 is 29.0 Å². The van der Waals surface area contributed by atoms with Crippen molar-refractivity contribution in [1.82, 2.24) is 4.98 Å². The highest BCUT2D eigenvalue weighted by molar-refractivity contribution is 5.97. The summed E-state index contributed by atoms with van der Waals surface area (Å²) in [6, 6.07) is 8.36. The van der Waals surface area contributed by atoms with E-state index in [-0.39, 0.29) is 18.3 Å². The molecular formula is C32H37NO7. The van der Waals surface area contributed by atoms with Gasteiger partial charge in [0, 0.05) is 45.5 Å². The van der Waals surface area contributed by atoms with E-state index in [2.05, 4.69) is 37.0 Å². The van der Waals surface area contributed by atoms with Crippen molar-refractivity contribution in [3.8, 4) is 0 Å². The summed E-state index contributed by atoms with van der Waals surface area (Å²) in [5.41, 5.74) is 0.455. The Bertz CT molecular complexity index is 1500. The second kappa shape index (κ2) is 8.16. The Morgan fingerprint density at radius 2 is 1.98 bits per heavy atom. The number of aliphatic hydroxyl groups is 1. The molecule has 2 N–H and O–H groups in total. The topological polar surface area (TPSA) is 107 Å². The van der Waals surface area contributed by atoms with Crippen LogP contribution in [0.25, 0.3) is 10.9 Å². The van der Waals surface area contributed by atoms with Gasteiger partial charge >= 0.3 is 5.97 Å². The highest BCUT2D eigenvalue weighted by Crippen LogP contribution is 2.72. The van der Waals surface area contributed by atoms with Crippen LogP contribution < -0.4 is 0 Å². The molecule has 8 heteroatoms. The van der Waals surface area contributed by atoms with Gasteiger partial charge in [0.15, 0.2) is 17.7 Å². The number of H-pyrrole nitrogens is 1. The molecule has 3 fully saturated rings. The third-order valence-corrected chi connectivity index (χ3v) is 11.1. The van der Waals surface area contributed by atoms with Crippen LogP contribution in [0.5, 0.6) is 0 Å². The van der Waals surface area contributed by atoms with Crippen LogP contribution in [0.4, 0.5) is 0 Å². The number of aromatic amines is 1. The van der Waals surface area contributed by atoms with Crippen LogP contribution >= 0.6 is 0 Å². The van der Waals surface area contributed by atoms with Crippen molar-refractivity contribution in [2.75, 3.05) is 13.7 Å². The Labute approximate surface area is 233 Å². The average molecular weight is 548 g/mol. The van der Waals surface area contributed by atoms with Crippen molar-refractivity contribution in [1.29, 1.82) is 0 Å². The summed E-state index contributed by atoms with van der Waals surface area (Å²) < 4.78 is 24.2. The van der Waals surface area contributed by atoms with Gasteiger partial charge in [-0.3, -0.25) is 4.79 Å². The molecule has 212 valence electrons. The van der Waals surface area contributed by atoms with Crippen molar-refractivity contribution in [2.24, 2.45) is 11.3 Å². The lowest BCUT2D eigenvalue weighted by Gasteiger charge is -2.67. The van der Waals surface area contributed by atoms with Crippen LogP contribution in [0.2, 0.25) is 0 Å². The van der Waals surface area contributed by atoms with Crippen molar-refractivity contribution >= 4 is 22.7 Å². The standard InChI is InChI=1S/C32H37NO7/c1-28(2)27-22(34)17-23-31(39-27,40-28)13-12-29(3)30(4)18(15-20-19-9-6-7-10-21(19)33-26(20)30)16-24(32(23,29)36)38-14-8-11-25(35)37-5/h6-11,17-18,24,27,33,36H,12-16H2,1-5H3/b11-8+/t18-,24+,27+,29-,30-,31+,32+/m1/s1. The number of fused-ring (bicyclic) bond motifs is 9. The Hall–Kier alpha value is -2.78. The molecule has 2 saturated carbocycles. The predicted octanol–water partition coefficient (Wildman–Crippen LogP) is 4.05. The summed E-state index contributed by atoms with van der Waals surface area (Å²) in [5, 5.41) is 14.5. The van der Waals surface area contributed by atoms with Gasteiger partial charge in [-0.2, -0.15) is 0 Å². The fourth-order valence-electron chi connectivity index (χ4n) is 8.97. The summed E-state index contributed by atoms with van der Waals surface area (Å²) >= 11 is 0. The molecule has 2 aliphatic heterocycles. The molecule has 0 amide bonds. The SMILES string of the molecule is COC(=O)/C=C/CO[C@H]1C[C@H]2Cc3c([nH]c4ccccc34)[C@]2(C)[C@@]2(C)CC[C@@]34O[C@@H](C(=O)C=C3[C@]12O)C(C)(C)O4. The summed E-state index contributed by atoms with van der Waals surface area (Å²) in [5.74, 6) is -1.66. The summed E-state index contributed by atoms with van der Waals surface area (Å²) in [6.07, 6.45) is 5.71. The molecule has 3 aliphatic carbocycles. The van der Waals surface area contributed by atoms with Gasteiger partial charge in [-0.1, -0.05) is 38.1 Å². The van der Waals surface area contributed by atoms with Gasteiger partial charge in [0.25, 0.3) is 0 Å². The number of para-hydroxylation sites is 1. The second-order valence-corrected chi connectivity index (χ2v) is 13.1. The van der Waals surface area contributed by atoms with E-state index in [1.165, 1.54) is 24.1 Å². The molecule has 40 heavy (non-hydrogen) atoms. The molecule has 7 rings (SSSR count). The lowest BCUT2D eigenvalue weighted by molar-refractivity contribution is -0.279. The lowest BCUT2D eigenvalue weighted by atomic mass is 9.41. The van der Waals surface area contributed by atoms with Crippen molar-refractivity contribution in [3.05, 3.63) is 59.3 Å². The normalized spacial score (nSPS) is 40.9. The molecule has 5 aliphatic rings. The van der Waals surface area contributed by atoms with E-state index in [1.54, 1.807) is 12.2 Å². The third kappa shape index (κ3) is 3.00. The number of esters is 1. The Morgan fingerprint density at radius 3 is 2.75 bits per heavy atom. The number of benzene rings is 1. The molecule has 2 aromatic rings. The van der Waals surface area contributed by atoms with Gasteiger partial charge in [-0.25, -0.2) is 4.79 Å². The number of aromatic nitrogens is 1. The maximum absolute atomic E-state index is 13.4. The Morgan fingerprint density at radius 1 is 1.20 bits per heavy atom. The quantitative estimate of drug-likeness (QED) is 0.439. The van der Waals surface area contributed by atoms with Crippen LogP contribution in [0.1, 0.15) is 58.2 Å². The maximum atomic E-state index is 13.4. The van der Waals surface area contributed by atoms with Crippen molar-refractivity contribution < 1.29 is 33.6 Å². The monoisotopic (exact) mass is 547 g/mol. The fourth-order valence-corrected chi connectivity index (χ4v) is 8.97. The number of methoxy groups -OCH3 is 1. The van der Waals surface area contributed by atoms with E-state index < -0.39 is 46.0 Å². The zero-order chi connectivity index (χ0) is 28.3. The molecule has 1 spiro atoms. The predicted molar refractivity (Wildman–Crippen MR) is 147 cm³/mol. The number of hydrogen-bond donors (Lipinski definition) is 2. The Balaban J connectivity index is 1.39. The minimum absolute atomic E-state index is 0.111. The molecule has 7 atom stereocenters.